The van der Waals surface area contributed by atoms with Crippen LogP contribution in [0.2, 0.25) is 10.0 Å². The average Bonchev–Trinajstić information content (AvgIpc) is 2.76. The Morgan fingerprint density at radius 1 is 1.15 bits per heavy atom. The molecule has 0 fully saturated rings. The van der Waals surface area contributed by atoms with Gasteiger partial charge in [-0.15, -0.1) is 0 Å². The molecule has 1 heterocycles. The summed E-state index contributed by atoms with van der Waals surface area (Å²) in [6.07, 6.45) is 0.447. The highest BCUT2D eigenvalue weighted by atomic mass is 35.5. The molecule has 0 spiro atoms. The molecule has 0 saturated heterocycles. The molecule has 1 N–H and O–H groups in total. The van der Waals surface area contributed by atoms with Gasteiger partial charge in [-0.25, -0.2) is 8.42 Å². The highest BCUT2D eigenvalue weighted by Crippen LogP contribution is 2.36. The fraction of sp³-hybridized carbons (Fsp3) is 0.235. The number of fused-ring (bicyclic) bond motifs is 1. The third-order valence-electron chi connectivity index (χ3n) is 3.86. The number of rotatable bonds is 3. The van der Waals surface area contributed by atoms with Crippen molar-refractivity contribution in [3.05, 3.63) is 52.5 Å². The second kappa shape index (κ2) is 7.34. The Bertz CT molecular complexity index is 932. The van der Waals surface area contributed by atoms with E-state index in [1.54, 1.807) is 36.4 Å². The fourth-order valence-corrected chi connectivity index (χ4v) is 3.87. The smallest absolute Gasteiger partial charge is 0.265 e. The minimum Gasteiger partial charge on any atom is -0.478 e. The van der Waals surface area contributed by atoms with Gasteiger partial charge in [-0.1, -0.05) is 23.2 Å². The van der Waals surface area contributed by atoms with Crippen LogP contribution in [0.25, 0.3) is 0 Å². The Balaban J connectivity index is 1.86. The standard InChI is InChI=1S/C17H16Cl2N2O4S/c1-26(23,24)21-9-8-16(25-15-7-4-12(19)10-14(15)21)17(22)20-13-5-2-11(18)3-6-13/h2-7,10,16H,8-9H2,1H3,(H,20,22)/t16-/m0/s1. The number of ether oxygens (including phenoxy) is 1. The van der Waals surface area contributed by atoms with Gasteiger partial charge in [0.2, 0.25) is 10.0 Å². The molecule has 26 heavy (non-hydrogen) atoms. The SMILES string of the molecule is CS(=O)(=O)N1CC[C@@H](C(=O)Nc2ccc(Cl)cc2)Oc2ccc(Cl)cc21. The molecule has 1 aliphatic heterocycles. The Morgan fingerprint density at radius 3 is 2.46 bits per heavy atom. The molecular formula is C17H16Cl2N2O4S. The number of halogens is 2. The number of carbonyl (C=O) groups excluding carboxylic acids is 1. The molecule has 2 aromatic carbocycles. The highest BCUT2D eigenvalue weighted by molar-refractivity contribution is 7.92. The molecule has 0 aromatic heterocycles. The number of nitrogens with one attached hydrogen (secondary N) is 1. The fourth-order valence-electron chi connectivity index (χ4n) is 2.64. The number of hydrogen-bond acceptors (Lipinski definition) is 4. The monoisotopic (exact) mass is 414 g/mol. The lowest BCUT2D eigenvalue weighted by molar-refractivity contribution is -0.122. The van der Waals surface area contributed by atoms with Crippen molar-refractivity contribution >= 4 is 50.5 Å². The Hall–Kier alpha value is -1.96. The van der Waals surface area contributed by atoms with Crippen LogP contribution in [0, 0.1) is 0 Å². The van der Waals surface area contributed by atoms with Crippen LogP contribution < -0.4 is 14.4 Å². The van der Waals surface area contributed by atoms with E-state index < -0.39 is 16.1 Å². The van der Waals surface area contributed by atoms with Gasteiger partial charge in [0.15, 0.2) is 6.10 Å². The first-order valence-corrected chi connectivity index (χ1v) is 10.3. The molecule has 0 bridgehead atoms. The summed E-state index contributed by atoms with van der Waals surface area (Å²) in [5.74, 6) is -0.0860. The third kappa shape index (κ3) is 4.23. The quantitative estimate of drug-likeness (QED) is 0.832. The first kappa shape index (κ1) is 18.8. The molecule has 0 radical (unpaired) electrons. The summed E-state index contributed by atoms with van der Waals surface area (Å²) in [5, 5.41) is 3.68. The zero-order valence-corrected chi connectivity index (χ0v) is 16.1. The maximum absolute atomic E-state index is 12.6. The van der Waals surface area contributed by atoms with Gasteiger partial charge in [0.25, 0.3) is 5.91 Å². The van der Waals surface area contributed by atoms with Crippen molar-refractivity contribution in [1.29, 1.82) is 0 Å². The molecule has 138 valence electrons. The normalized spacial score (nSPS) is 17.0. The summed E-state index contributed by atoms with van der Waals surface area (Å²) in [6.45, 7) is 0.102. The van der Waals surface area contributed by atoms with Crippen molar-refractivity contribution in [2.45, 2.75) is 12.5 Å². The van der Waals surface area contributed by atoms with E-state index in [1.807, 2.05) is 0 Å². The van der Waals surface area contributed by atoms with Gasteiger partial charge in [0, 0.05) is 28.7 Å². The molecule has 1 atom stereocenters. The molecule has 1 amide bonds. The molecule has 3 rings (SSSR count). The van der Waals surface area contributed by atoms with Crippen LogP contribution >= 0.6 is 23.2 Å². The largest absolute Gasteiger partial charge is 0.478 e. The van der Waals surface area contributed by atoms with E-state index >= 15 is 0 Å². The molecule has 0 aliphatic carbocycles. The number of carbonyl (C=O) groups is 1. The zero-order valence-electron chi connectivity index (χ0n) is 13.8. The van der Waals surface area contributed by atoms with E-state index in [1.165, 1.54) is 10.4 Å². The highest BCUT2D eigenvalue weighted by Gasteiger charge is 2.31. The van der Waals surface area contributed by atoms with Gasteiger partial charge in [0.05, 0.1) is 11.9 Å². The lowest BCUT2D eigenvalue weighted by atomic mass is 10.2. The van der Waals surface area contributed by atoms with Gasteiger partial charge in [-0.2, -0.15) is 0 Å². The first-order chi connectivity index (χ1) is 12.2. The number of amides is 1. The van der Waals surface area contributed by atoms with Gasteiger partial charge >= 0.3 is 0 Å². The summed E-state index contributed by atoms with van der Waals surface area (Å²) in [7, 11) is -3.54. The molecule has 6 nitrogen and oxygen atoms in total. The van der Waals surface area contributed by atoms with Crippen molar-refractivity contribution in [3.8, 4) is 5.75 Å². The number of hydrogen-bond donors (Lipinski definition) is 1. The summed E-state index contributed by atoms with van der Waals surface area (Å²) in [6, 6.07) is 11.3. The van der Waals surface area contributed by atoms with E-state index in [0.29, 0.717) is 21.4 Å². The molecule has 9 heteroatoms. The number of benzene rings is 2. The second-order valence-corrected chi connectivity index (χ2v) is 8.62. The van der Waals surface area contributed by atoms with Gasteiger partial charge in [-0.05, 0) is 42.5 Å². The van der Waals surface area contributed by atoms with Crippen LogP contribution in [0.1, 0.15) is 6.42 Å². The molecule has 1 aliphatic rings. The Morgan fingerprint density at radius 2 is 1.81 bits per heavy atom. The lowest BCUT2D eigenvalue weighted by Gasteiger charge is -2.21. The molecule has 0 saturated carbocycles. The summed E-state index contributed by atoms with van der Waals surface area (Å²) >= 11 is 11.8. The van der Waals surface area contributed by atoms with Crippen LogP contribution in [0.5, 0.6) is 5.75 Å². The van der Waals surface area contributed by atoms with Crippen LogP contribution in [0.4, 0.5) is 11.4 Å². The van der Waals surface area contributed by atoms with Crippen molar-refractivity contribution in [2.75, 3.05) is 22.4 Å². The van der Waals surface area contributed by atoms with E-state index in [-0.39, 0.29) is 24.6 Å². The van der Waals surface area contributed by atoms with Gasteiger partial charge in [0.1, 0.15) is 5.75 Å². The van der Waals surface area contributed by atoms with Crippen molar-refractivity contribution < 1.29 is 17.9 Å². The predicted molar refractivity (Wildman–Crippen MR) is 103 cm³/mol. The third-order valence-corrected chi connectivity index (χ3v) is 5.52. The van der Waals surface area contributed by atoms with Crippen LogP contribution in [-0.4, -0.2) is 33.2 Å². The zero-order chi connectivity index (χ0) is 18.9. The van der Waals surface area contributed by atoms with E-state index in [4.69, 9.17) is 27.9 Å². The maximum Gasteiger partial charge on any atom is 0.265 e. The van der Waals surface area contributed by atoms with Gasteiger partial charge < -0.3 is 10.1 Å². The van der Waals surface area contributed by atoms with Crippen LogP contribution in [-0.2, 0) is 14.8 Å². The minimum absolute atomic E-state index is 0.102. The summed E-state index contributed by atoms with van der Waals surface area (Å²) < 4.78 is 31.2. The molecule has 2 aromatic rings. The van der Waals surface area contributed by atoms with Crippen molar-refractivity contribution in [3.63, 3.8) is 0 Å². The van der Waals surface area contributed by atoms with Crippen molar-refractivity contribution in [1.82, 2.24) is 0 Å². The number of nitrogens with zero attached hydrogens (tertiary/aromatic N) is 1. The van der Waals surface area contributed by atoms with Crippen LogP contribution in [0.15, 0.2) is 42.5 Å². The Kier molecular flexibility index (Phi) is 5.32. The van der Waals surface area contributed by atoms with Gasteiger partial charge in [-0.3, -0.25) is 9.10 Å². The second-order valence-electron chi connectivity index (χ2n) is 5.84. The van der Waals surface area contributed by atoms with Crippen LogP contribution in [0.3, 0.4) is 0 Å². The lowest BCUT2D eigenvalue weighted by Crippen LogP contribution is -2.35. The van der Waals surface area contributed by atoms with E-state index in [2.05, 4.69) is 5.32 Å². The van der Waals surface area contributed by atoms with E-state index in [0.717, 1.165) is 6.26 Å². The van der Waals surface area contributed by atoms with E-state index in [9.17, 15) is 13.2 Å². The topological polar surface area (TPSA) is 75.7 Å². The first-order valence-electron chi connectivity index (χ1n) is 7.74. The summed E-state index contributed by atoms with van der Waals surface area (Å²) in [5.41, 5.74) is 0.894. The number of sulfonamides is 1. The predicted octanol–water partition coefficient (Wildman–Crippen LogP) is 3.55. The Labute approximate surface area is 161 Å². The summed E-state index contributed by atoms with van der Waals surface area (Å²) in [4.78, 5) is 12.6. The molecular weight excluding hydrogens is 399 g/mol. The number of anilines is 2. The average molecular weight is 415 g/mol. The molecule has 0 unspecified atom stereocenters. The maximum atomic E-state index is 12.6. The minimum atomic E-state index is -3.54. The van der Waals surface area contributed by atoms with Crippen molar-refractivity contribution in [2.24, 2.45) is 0 Å².